The molecule has 0 atom stereocenters. The molecule has 0 bridgehead atoms. The normalized spacial score (nSPS) is 11.3. The summed E-state index contributed by atoms with van der Waals surface area (Å²) in [6, 6.07) is 69.9. The van der Waals surface area contributed by atoms with E-state index in [1.54, 1.807) is 0 Å². The standard InChI is InChI=1S/C49H33N5/c1-5-17-34(18-6-1)47-50-48(35-19-7-2-8-20-35)52-49(51-47)54-44-28-16-15-27-42(44)43-30-29-36(33-46(43)54)39-31-32-45(41-26-14-13-25-40(39)41)53(37-21-9-3-10-22-37)38-23-11-4-12-24-38/h1-33H. The molecule has 0 unspecified atom stereocenters. The zero-order valence-electron chi connectivity index (χ0n) is 29.3. The van der Waals surface area contributed by atoms with E-state index >= 15 is 0 Å². The molecule has 10 rings (SSSR count). The van der Waals surface area contributed by atoms with E-state index in [9.17, 15) is 0 Å². The van der Waals surface area contributed by atoms with E-state index in [2.05, 4.69) is 149 Å². The van der Waals surface area contributed by atoms with Crippen molar-refractivity contribution in [3.8, 4) is 39.9 Å². The van der Waals surface area contributed by atoms with Gasteiger partial charge in [-0.25, -0.2) is 4.98 Å². The number of anilines is 3. The lowest BCUT2D eigenvalue weighted by Gasteiger charge is -2.27. The minimum atomic E-state index is 0.577. The number of hydrogen-bond acceptors (Lipinski definition) is 4. The molecular formula is C49H33N5. The number of benzene rings is 8. The number of fused-ring (bicyclic) bond motifs is 4. The minimum absolute atomic E-state index is 0.577. The van der Waals surface area contributed by atoms with Gasteiger partial charge in [0.15, 0.2) is 11.6 Å². The van der Waals surface area contributed by atoms with Gasteiger partial charge in [0.05, 0.1) is 16.7 Å². The molecule has 8 aromatic carbocycles. The van der Waals surface area contributed by atoms with Crippen molar-refractivity contribution < 1.29 is 0 Å². The molecule has 0 N–H and O–H groups in total. The first-order valence-electron chi connectivity index (χ1n) is 18.1. The molecule has 0 amide bonds. The van der Waals surface area contributed by atoms with E-state index < -0.39 is 0 Å². The van der Waals surface area contributed by atoms with Gasteiger partial charge in [0.25, 0.3) is 0 Å². The van der Waals surface area contributed by atoms with E-state index in [0.29, 0.717) is 17.6 Å². The van der Waals surface area contributed by atoms with Crippen LogP contribution in [0.4, 0.5) is 17.1 Å². The Morgan fingerprint density at radius 1 is 0.352 bits per heavy atom. The summed E-state index contributed by atoms with van der Waals surface area (Å²) in [5.41, 5.74) is 9.54. The van der Waals surface area contributed by atoms with Gasteiger partial charge < -0.3 is 4.90 Å². The molecule has 0 aliphatic heterocycles. The Balaban J connectivity index is 1.19. The van der Waals surface area contributed by atoms with Crippen molar-refractivity contribution >= 4 is 49.6 Å². The summed E-state index contributed by atoms with van der Waals surface area (Å²) in [5, 5.41) is 4.62. The van der Waals surface area contributed by atoms with Crippen LogP contribution in [0.5, 0.6) is 0 Å². The molecule has 0 saturated carbocycles. The van der Waals surface area contributed by atoms with Crippen LogP contribution >= 0.6 is 0 Å². The van der Waals surface area contributed by atoms with Gasteiger partial charge in [-0.1, -0.05) is 158 Å². The number of rotatable bonds is 7. The Morgan fingerprint density at radius 2 is 0.852 bits per heavy atom. The van der Waals surface area contributed by atoms with E-state index in [4.69, 9.17) is 15.0 Å². The van der Waals surface area contributed by atoms with Crippen LogP contribution in [-0.2, 0) is 0 Å². The van der Waals surface area contributed by atoms with E-state index in [0.717, 1.165) is 61.1 Å². The van der Waals surface area contributed by atoms with Crippen molar-refractivity contribution in [1.82, 2.24) is 19.5 Å². The first-order chi connectivity index (χ1) is 26.8. The topological polar surface area (TPSA) is 46.8 Å². The summed E-state index contributed by atoms with van der Waals surface area (Å²) >= 11 is 0. The summed E-state index contributed by atoms with van der Waals surface area (Å²) in [6.45, 7) is 0. The van der Waals surface area contributed by atoms with Crippen molar-refractivity contribution in [3.05, 3.63) is 200 Å². The fraction of sp³-hybridized carbons (Fsp3) is 0. The quantitative estimate of drug-likeness (QED) is 0.167. The monoisotopic (exact) mass is 691 g/mol. The van der Waals surface area contributed by atoms with Crippen LogP contribution in [0, 0.1) is 0 Å². The van der Waals surface area contributed by atoms with Gasteiger partial charge in [-0.3, -0.25) is 4.57 Å². The average Bonchev–Trinajstić information content (AvgIpc) is 3.59. The van der Waals surface area contributed by atoms with Crippen molar-refractivity contribution in [3.63, 3.8) is 0 Å². The first-order valence-corrected chi connectivity index (χ1v) is 18.1. The van der Waals surface area contributed by atoms with Gasteiger partial charge in [0, 0.05) is 38.7 Å². The highest BCUT2D eigenvalue weighted by molar-refractivity contribution is 6.12. The highest BCUT2D eigenvalue weighted by Crippen LogP contribution is 2.43. The van der Waals surface area contributed by atoms with Crippen LogP contribution in [0.2, 0.25) is 0 Å². The maximum Gasteiger partial charge on any atom is 0.238 e. The minimum Gasteiger partial charge on any atom is -0.310 e. The molecule has 0 aliphatic carbocycles. The molecule has 5 heteroatoms. The van der Waals surface area contributed by atoms with Crippen LogP contribution in [0.1, 0.15) is 0 Å². The Hall–Kier alpha value is -7.37. The fourth-order valence-electron chi connectivity index (χ4n) is 7.56. The molecule has 54 heavy (non-hydrogen) atoms. The smallest absolute Gasteiger partial charge is 0.238 e. The number of aromatic nitrogens is 4. The molecule has 0 saturated heterocycles. The lowest BCUT2D eigenvalue weighted by atomic mass is 9.95. The molecule has 0 fully saturated rings. The average molecular weight is 692 g/mol. The lowest BCUT2D eigenvalue weighted by molar-refractivity contribution is 0.953. The zero-order chi connectivity index (χ0) is 35.8. The van der Waals surface area contributed by atoms with Gasteiger partial charge in [-0.05, 0) is 59.0 Å². The largest absolute Gasteiger partial charge is 0.310 e. The van der Waals surface area contributed by atoms with Crippen LogP contribution in [0.15, 0.2) is 200 Å². The maximum absolute atomic E-state index is 5.15. The van der Waals surface area contributed by atoms with Crippen LogP contribution < -0.4 is 4.90 Å². The van der Waals surface area contributed by atoms with Crippen molar-refractivity contribution in [2.24, 2.45) is 0 Å². The second kappa shape index (κ2) is 13.3. The number of hydrogen-bond donors (Lipinski definition) is 0. The summed E-state index contributed by atoms with van der Waals surface area (Å²) in [5.74, 6) is 1.83. The van der Waals surface area contributed by atoms with Crippen molar-refractivity contribution in [1.29, 1.82) is 0 Å². The van der Waals surface area contributed by atoms with Crippen molar-refractivity contribution in [2.75, 3.05) is 4.90 Å². The Morgan fingerprint density at radius 3 is 1.46 bits per heavy atom. The highest BCUT2D eigenvalue weighted by Gasteiger charge is 2.20. The Labute approximate surface area is 313 Å². The molecule has 5 nitrogen and oxygen atoms in total. The third-order valence-corrected chi connectivity index (χ3v) is 10.0. The summed E-state index contributed by atoms with van der Waals surface area (Å²) in [4.78, 5) is 17.6. The summed E-state index contributed by atoms with van der Waals surface area (Å²) < 4.78 is 2.19. The third-order valence-electron chi connectivity index (χ3n) is 10.0. The molecule has 254 valence electrons. The first kappa shape index (κ1) is 31.4. The Kier molecular flexibility index (Phi) is 7.73. The van der Waals surface area contributed by atoms with E-state index in [1.165, 1.54) is 10.8 Å². The molecular weight excluding hydrogens is 659 g/mol. The second-order valence-corrected chi connectivity index (χ2v) is 13.3. The molecule has 0 aliphatic rings. The van der Waals surface area contributed by atoms with Gasteiger partial charge >= 0.3 is 0 Å². The molecule has 2 aromatic heterocycles. The van der Waals surface area contributed by atoms with E-state index in [-0.39, 0.29) is 0 Å². The molecule has 0 radical (unpaired) electrons. The highest BCUT2D eigenvalue weighted by atomic mass is 15.2. The zero-order valence-corrected chi connectivity index (χ0v) is 29.3. The van der Waals surface area contributed by atoms with Crippen LogP contribution in [-0.4, -0.2) is 19.5 Å². The third kappa shape index (κ3) is 5.47. The van der Waals surface area contributed by atoms with E-state index in [1.807, 2.05) is 60.7 Å². The van der Waals surface area contributed by atoms with Crippen LogP contribution in [0.3, 0.4) is 0 Å². The van der Waals surface area contributed by atoms with Gasteiger partial charge in [0.1, 0.15) is 0 Å². The predicted molar refractivity (Wildman–Crippen MR) is 223 cm³/mol. The van der Waals surface area contributed by atoms with Crippen LogP contribution in [0.25, 0.3) is 72.4 Å². The fourth-order valence-corrected chi connectivity index (χ4v) is 7.56. The maximum atomic E-state index is 5.15. The predicted octanol–water partition coefficient (Wildman–Crippen LogP) is 12.6. The van der Waals surface area contributed by atoms with Gasteiger partial charge in [-0.2, -0.15) is 9.97 Å². The summed E-state index contributed by atoms with van der Waals surface area (Å²) in [6.07, 6.45) is 0. The van der Waals surface area contributed by atoms with Gasteiger partial charge in [-0.15, -0.1) is 0 Å². The Bertz CT molecular complexity index is 2830. The molecule has 2 heterocycles. The number of nitrogens with zero attached hydrogens (tertiary/aromatic N) is 5. The molecule has 10 aromatic rings. The second-order valence-electron chi connectivity index (χ2n) is 13.3. The van der Waals surface area contributed by atoms with Gasteiger partial charge in [0.2, 0.25) is 5.95 Å². The molecule has 0 spiro atoms. The lowest BCUT2D eigenvalue weighted by Crippen LogP contribution is -2.10. The SMILES string of the molecule is c1ccc(-c2nc(-c3ccccc3)nc(-n3c4ccccc4c4ccc(-c5ccc(N(c6ccccc6)c6ccccc6)c6ccccc56)cc43)n2)cc1. The summed E-state index contributed by atoms with van der Waals surface area (Å²) in [7, 11) is 0. The van der Waals surface area contributed by atoms with Crippen molar-refractivity contribution in [2.45, 2.75) is 0 Å². The number of para-hydroxylation sites is 3.